The first-order chi connectivity index (χ1) is 6.74. The summed E-state index contributed by atoms with van der Waals surface area (Å²) < 4.78 is 5.04. The van der Waals surface area contributed by atoms with Crippen LogP contribution in [0.4, 0.5) is 0 Å². The smallest absolute Gasteiger partial charge is 0.338 e. The Morgan fingerprint density at radius 1 is 1.43 bits per heavy atom. The fourth-order valence-electron chi connectivity index (χ4n) is 0.939. The van der Waals surface area contributed by atoms with E-state index in [-0.39, 0.29) is 5.97 Å². The number of halogens is 1. The van der Waals surface area contributed by atoms with Gasteiger partial charge in [-0.15, -0.1) is 0 Å². The molecule has 0 aliphatic rings. The van der Waals surface area contributed by atoms with Crippen molar-refractivity contribution < 1.29 is 9.53 Å². The van der Waals surface area contributed by atoms with Gasteiger partial charge in [-0.3, -0.25) is 0 Å². The zero-order valence-corrected chi connectivity index (χ0v) is 10.8. The number of rotatable bonds is 4. The molecule has 14 heavy (non-hydrogen) atoms. The van der Waals surface area contributed by atoms with Gasteiger partial charge < -0.3 is 4.74 Å². The quantitative estimate of drug-likeness (QED) is 0.484. The van der Waals surface area contributed by atoms with Crippen LogP contribution >= 0.6 is 30.1 Å². The molecule has 0 bridgehead atoms. The first-order valence-corrected chi connectivity index (χ1v) is 7.74. The van der Waals surface area contributed by atoms with E-state index in [1.807, 2.05) is 19.1 Å². The second kappa shape index (κ2) is 6.29. The molecular formula is C10H11IO2S. The van der Waals surface area contributed by atoms with Crippen LogP contribution in [0, 0.1) is 6.92 Å². The maximum atomic E-state index is 11.4. The van der Waals surface area contributed by atoms with E-state index in [9.17, 15) is 4.79 Å². The normalized spacial score (nSPS) is 9.86. The van der Waals surface area contributed by atoms with Crippen molar-refractivity contribution in [3.8, 4) is 0 Å². The Hall–Kier alpha value is -0.230. The average molecular weight is 322 g/mol. The number of hydrogen-bond acceptors (Lipinski definition) is 3. The van der Waals surface area contributed by atoms with Gasteiger partial charge in [-0.1, -0.05) is 26.6 Å². The van der Waals surface area contributed by atoms with Crippen LogP contribution in [0.2, 0.25) is 0 Å². The molecule has 0 radical (unpaired) electrons. The third-order valence-corrected chi connectivity index (χ3v) is 3.32. The molecule has 0 aromatic heterocycles. The molecular weight excluding hydrogens is 311 g/mol. The first kappa shape index (κ1) is 11.8. The highest BCUT2D eigenvalue weighted by molar-refractivity contribution is 14.2. The van der Waals surface area contributed by atoms with Crippen LogP contribution in [-0.2, 0) is 4.74 Å². The van der Waals surface area contributed by atoms with E-state index in [1.165, 1.54) is 0 Å². The summed E-state index contributed by atoms with van der Waals surface area (Å²) in [6, 6.07) is 7.39. The maximum absolute atomic E-state index is 11.4. The molecule has 0 amide bonds. The highest BCUT2D eigenvalue weighted by Crippen LogP contribution is 2.10. The van der Waals surface area contributed by atoms with E-state index in [0.717, 1.165) is 11.3 Å². The van der Waals surface area contributed by atoms with E-state index in [1.54, 1.807) is 21.1 Å². The summed E-state index contributed by atoms with van der Waals surface area (Å²) in [7, 11) is 1.63. The number of carbonyl (C=O) groups is 1. The molecule has 0 saturated heterocycles. The topological polar surface area (TPSA) is 26.3 Å². The molecule has 2 nitrogen and oxygen atoms in total. The molecule has 1 aromatic carbocycles. The Bertz CT molecular complexity index is 297. The Morgan fingerprint density at radius 3 is 2.64 bits per heavy atom. The van der Waals surface area contributed by atoms with E-state index >= 15 is 0 Å². The van der Waals surface area contributed by atoms with Gasteiger partial charge in [0.05, 0.1) is 5.56 Å². The van der Waals surface area contributed by atoms with Crippen molar-refractivity contribution in [1.82, 2.24) is 0 Å². The van der Waals surface area contributed by atoms with Crippen LogP contribution < -0.4 is 0 Å². The van der Waals surface area contributed by atoms with Crippen molar-refractivity contribution in [1.29, 1.82) is 0 Å². The molecule has 0 heterocycles. The minimum absolute atomic E-state index is 0.240. The van der Waals surface area contributed by atoms with Gasteiger partial charge in [-0.2, -0.15) is 0 Å². The van der Waals surface area contributed by atoms with Crippen LogP contribution in [0.15, 0.2) is 24.3 Å². The lowest BCUT2D eigenvalue weighted by Crippen LogP contribution is -2.07. The Labute approximate surface area is 100.0 Å². The number of esters is 1. The molecule has 76 valence electrons. The minimum atomic E-state index is -0.240. The Morgan fingerprint density at radius 2 is 2.07 bits per heavy atom. The second-order valence-corrected chi connectivity index (χ2v) is 5.31. The second-order valence-electron chi connectivity index (χ2n) is 2.82. The third kappa shape index (κ3) is 3.88. The number of hydrogen-bond donors (Lipinski definition) is 0. The number of carbonyl (C=O) groups excluding carboxylic acids is 1. The lowest BCUT2D eigenvalue weighted by atomic mass is 10.1. The van der Waals surface area contributed by atoms with Gasteiger partial charge in [0.1, 0.15) is 6.61 Å². The van der Waals surface area contributed by atoms with Gasteiger partial charge in [0.15, 0.2) is 0 Å². The molecule has 0 fully saturated rings. The van der Waals surface area contributed by atoms with E-state index in [0.29, 0.717) is 12.2 Å². The SMILES string of the molecule is Cc1ccc(C(=O)OCCSI)cc1. The summed E-state index contributed by atoms with van der Waals surface area (Å²) in [4.78, 5) is 11.4. The van der Waals surface area contributed by atoms with E-state index in [4.69, 9.17) is 4.74 Å². The van der Waals surface area contributed by atoms with Gasteiger partial charge in [0.2, 0.25) is 0 Å². The molecule has 0 atom stereocenters. The van der Waals surface area contributed by atoms with Gasteiger partial charge in [-0.25, -0.2) is 4.79 Å². The summed E-state index contributed by atoms with van der Waals surface area (Å²) in [6.45, 7) is 2.46. The predicted molar refractivity (Wildman–Crippen MR) is 67.9 cm³/mol. The summed E-state index contributed by atoms with van der Waals surface area (Å²) in [6.07, 6.45) is 0. The van der Waals surface area contributed by atoms with Crippen molar-refractivity contribution >= 4 is 36.1 Å². The van der Waals surface area contributed by atoms with Crippen LogP contribution in [0.25, 0.3) is 0 Å². The maximum Gasteiger partial charge on any atom is 0.338 e. The van der Waals surface area contributed by atoms with Crippen molar-refractivity contribution in [3.05, 3.63) is 35.4 Å². The van der Waals surface area contributed by atoms with Crippen LogP contribution in [-0.4, -0.2) is 18.3 Å². The van der Waals surface area contributed by atoms with Crippen molar-refractivity contribution in [2.45, 2.75) is 6.92 Å². The lowest BCUT2D eigenvalue weighted by molar-refractivity contribution is 0.0530. The highest BCUT2D eigenvalue weighted by atomic mass is 127. The number of aryl methyl sites for hydroxylation is 1. The molecule has 0 aliphatic heterocycles. The predicted octanol–water partition coefficient (Wildman–Crippen LogP) is 3.24. The Balaban J connectivity index is 2.48. The van der Waals surface area contributed by atoms with Gasteiger partial charge in [0.25, 0.3) is 0 Å². The first-order valence-electron chi connectivity index (χ1n) is 4.21. The summed E-state index contributed by atoms with van der Waals surface area (Å²) >= 11 is 2.18. The van der Waals surface area contributed by atoms with Gasteiger partial charge in [0, 0.05) is 5.75 Å². The zero-order valence-electron chi connectivity index (χ0n) is 7.83. The van der Waals surface area contributed by atoms with Crippen LogP contribution in [0.3, 0.4) is 0 Å². The highest BCUT2D eigenvalue weighted by Gasteiger charge is 2.05. The fourth-order valence-corrected chi connectivity index (χ4v) is 1.62. The van der Waals surface area contributed by atoms with Gasteiger partial charge in [-0.05, 0) is 40.3 Å². The summed E-state index contributed by atoms with van der Waals surface area (Å²) in [5.41, 5.74) is 1.76. The molecule has 0 N–H and O–H groups in total. The molecule has 0 aliphatic carbocycles. The molecule has 0 saturated carbocycles. The van der Waals surface area contributed by atoms with E-state index < -0.39 is 0 Å². The largest absolute Gasteiger partial charge is 0.461 e. The van der Waals surface area contributed by atoms with Crippen LogP contribution in [0.5, 0.6) is 0 Å². The fraction of sp³-hybridized carbons (Fsp3) is 0.300. The summed E-state index contributed by atoms with van der Waals surface area (Å²) in [5, 5.41) is 0. The molecule has 1 aromatic rings. The number of benzene rings is 1. The molecule has 1 rings (SSSR count). The van der Waals surface area contributed by atoms with Crippen molar-refractivity contribution in [2.24, 2.45) is 0 Å². The zero-order chi connectivity index (χ0) is 10.4. The molecule has 0 spiro atoms. The van der Waals surface area contributed by atoms with E-state index in [2.05, 4.69) is 21.2 Å². The monoisotopic (exact) mass is 322 g/mol. The Kier molecular flexibility index (Phi) is 5.32. The number of ether oxygens (including phenoxy) is 1. The molecule has 4 heteroatoms. The standard InChI is InChI=1S/C10H11IO2S/c1-8-2-4-9(5-3-8)10(12)13-6-7-14-11/h2-5H,6-7H2,1H3. The average Bonchev–Trinajstić information content (AvgIpc) is 2.19. The lowest BCUT2D eigenvalue weighted by Gasteiger charge is -2.03. The van der Waals surface area contributed by atoms with Crippen molar-refractivity contribution in [3.63, 3.8) is 0 Å². The summed E-state index contributed by atoms with van der Waals surface area (Å²) in [5.74, 6) is 0.591. The molecule has 0 unspecified atom stereocenters. The van der Waals surface area contributed by atoms with Crippen molar-refractivity contribution in [2.75, 3.05) is 12.4 Å². The van der Waals surface area contributed by atoms with Crippen LogP contribution in [0.1, 0.15) is 15.9 Å². The van der Waals surface area contributed by atoms with Gasteiger partial charge >= 0.3 is 5.97 Å². The minimum Gasteiger partial charge on any atom is -0.461 e. The third-order valence-electron chi connectivity index (χ3n) is 1.68.